The van der Waals surface area contributed by atoms with Crippen LogP contribution in [0.25, 0.3) is 0 Å². The Labute approximate surface area is 145 Å². The van der Waals surface area contributed by atoms with Gasteiger partial charge in [0.1, 0.15) is 5.69 Å². The fourth-order valence-electron chi connectivity index (χ4n) is 2.70. The standard InChI is InChI=1S/C16H20N6O3/c1-24-13-8-14(25-2)21-16(20-13)22-7-3-4-11(10-22)19-15(23)12-9-17-5-6-18-12/h5-6,8-9,11H,3-4,7,10H2,1-2H3,(H,19,23). The molecule has 3 heterocycles. The second-order valence-corrected chi connectivity index (χ2v) is 5.60. The van der Waals surface area contributed by atoms with Crippen LogP contribution >= 0.6 is 0 Å². The van der Waals surface area contributed by atoms with Gasteiger partial charge in [-0.3, -0.25) is 9.78 Å². The van der Waals surface area contributed by atoms with Gasteiger partial charge in [0.2, 0.25) is 17.7 Å². The number of nitrogens with zero attached hydrogens (tertiary/aromatic N) is 5. The van der Waals surface area contributed by atoms with E-state index in [2.05, 4.69) is 25.3 Å². The van der Waals surface area contributed by atoms with E-state index in [9.17, 15) is 4.79 Å². The summed E-state index contributed by atoms with van der Waals surface area (Å²) in [4.78, 5) is 30.9. The molecule has 2 aromatic heterocycles. The summed E-state index contributed by atoms with van der Waals surface area (Å²) in [6.45, 7) is 1.40. The second kappa shape index (κ2) is 7.73. The van der Waals surface area contributed by atoms with Crippen molar-refractivity contribution in [3.8, 4) is 11.8 Å². The second-order valence-electron chi connectivity index (χ2n) is 5.60. The van der Waals surface area contributed by atoms with Gasteiger partial charge >= 0.3 is 0 Å². The summed E-state index contributed by atoms with van der Waals surface area (Å²) in [5, 5.41) is 2.99. The highest BCUT2D eigenvalue weighted by Crippen LogP contribution is 2.22. The van der Waals surface area contributed by atoms with E-state index in [1.807, 2.05) is 4.90 Å². The summed E-state index contributed by atoms with van der Waals surface area (Å²) in [5.41, 5.74) is 0.305. The zero-order valence-corrected chi connectivity index (χ0v) is 14.2. The van der Waals surface area contributed by atoms with E-state index in [4.69, 9.17) is 9.47 Å². The molecule has 2 aromatic rings. The van der Waals surface area contributed by atoms with E-state index in [-0.39, 0.29) is 11.9 Å². The zero-order chi connectivity index (χ0) is 17.6. The molecule has 1 atom stereocenters. The Kier molecular flexibility index (Phi) is 5.22. The van der Waals surface area contributed by atoms with Gasteiger partial charge in [0, 0.05) is 31.5 Å². The predicted molar refractivity (Wildman–Crippen MR) is 89.9 cm³/mol. The van der Waals surface area contributed by atoms with Gasteiger partial charge in [-0.15, -0.1) is 0 Å². The van der Waals surface area contributed by atoms with Crippen LogP contribution in [0.15, 0.2) is 24.7 Å². The first kappa shape index (κ1) is 16.9. The molecule has 1 N–H and O–H groups in total. The number of methoxy groups -OCH3 is 2. The van der Waals surface area contributed by atoms with Crippen LogP contribution in [0.3, 0.4) is 0 Å². The van der Waals surface area contributed by atoms with Gasteiger partial charge in [-0.1, -0.05) is 0 Å². The van der Waals surface area contributed by atoms with Crippen molar-refractivity contribution in [1.82, 2.24) is 25.3 Å². The van der Waals surface area contributed by atoms with Crippen molar-refractivity contribution in [3.05, 3.63) is 30.4 Å². The quantitative estimate of drug-likeness (QED) is 0.845. The maximum Gasteiger partial charge on any atom is 0.271 e. The molecule has 0 radical (unpaired) electrons. The lowest BCUT2D eigenvalue weighted by Gasteiger charge is -2.33. The molecule has 9 nitrogen and oxygen atoms in total. The number of hydrogen-bond donors (Lipinski definition) is 1. The number of hydrogen-bond acceptors (Lipinski definition) is 8. The summed E-state index contributed by atoms with van der Waals surface area (Å²) >= 11 is 0. The fraction of sp³-hybridized carbons (Fsp3) is 0.438. The van der Waals surface area contributed by atoms with Crippen LogP contribution in [-0.2, 0) is 0 Å². The predicted octanol–water partition coefficient (Wildman–Crippen LogP) is 0.683. The van der Waals surface area contributed by atoms with Crippen molar-refractivity contribution in [2.24, 2.45) is 0 Å². The Balaban J connectivity index is 1.70. The Morgan fingerprint density at radius 1 is 1.24 bits per heavy atom. The van der Waals surface area contributed by atoms with E-state index in [0.717, 1.165) is 19.4 Å². The summed E-state index contributed by atoms with van der Waals surface area (Å²) in [6, 6.07) is 1.60. The molecule has 1 aliphatic heterocycles. The Morgan fingerprint density at radius 3 is 2.64 bits per heavy atom. The van der Waals surface area contributed by atoms with Crippen LogP contribution in [-0.4, -0.2) is 59.2 Å². The van der Waals surface area contributed by atoms with Crippen molar-refractivity contribution in [2.45, 2.75) is 18.9 Å². The van der Waals surface area contributed by atoms with E-state index in [1.165, 1.54) is 18.6 Å². The minimum atomic E-state index is -0.232. The zero-order valence-electron chi connectivity index (χ0n) is 14.2. The highest BCUT2D eigenvalue weighted by Gasteiger charge is 2.24. The van der Waals surface area contributed by atoms with Gasteiger partial charge in [-0.25, -0.2) is 4.98 Å². The van der Waals surface area contributed by atoms with Gasteiger partial charge in [0.25, 0.3) is 5.91 Å². The fourth-order valence-corrected chi connectivity index (χ4v) is 2.70. The Bertz CT molecular complexity index is 705. The van der Waals surface area contributed by atoms with Crippen LogP contribution < -0.4 is 19.7 Å². The van der Waals surface area contributed by atoms with E-state index in [0.29, 0.717) is 29.9 Å². The number of rotatable bonds is 5. The maximum absolute atomic E-state index is 12.3. The number of anilines is 1. The normalized spacial score (nSPS) is 17.0. The van der Waals surface area contributed by atoms with Gasteiger partial charge in [-0.05, 0) is 12.8 Å². The molecular weight excluding hydrogens is 324 g/mol. The average Bonchev–Trinajstić information content (AvgIpc) is 2.68. The number of nitrogens with one attached hydrogen (secondary N) is 1. The number of carbonyl (C=O) groups is 1. The van der Waals surface area contributed by atoms with Crippen LogP contribution in [0.5, 0.6) is 11.8 Å². The van der Waals surface area contributed by atoms with Crippen LogP contribution in [0.1, 0.15) is 23.3 Å². The van der Waals surface area contributed by atoms with Crippen molar-refractivity contribution in [1.29, 1.82) is 0 Å². The molecule has 25 heavy (non-hydrogen) atoms. The third-order valence-electron chi connectivity index (χ3n) is 3.92. The SMILES string of the molecule is COc1cc(OC)nc(N2CCCC(NC(=O)c3cnccn3)C2)n1. The Morgan fingerprint density at radius 2 is 2.00 bits per heavy atom. The first-order valence-electron chi connectivity index (χ1n) is 7.98. The first-order chi connectivity index (χ1) is 12.2. The number of carbonyl (C=O) groups excluding carboxylic acids is 1. The minimum Gasteiger partial charge on any atom is -0.481 e. The minimum absolute atomic E-state index is 0.0240. The summed E-state index contributed by atoms with van der Waals surface area (Å²) in [5.74, 6) is 1.17. The lowest BCUT2D eigenvalue weighted by molar-refractivity contribution is 0.0927. The topological polar surface area (TPSA) is 102 Å². The third kappa shape index (κ3) is 4.11. The molecule has 1 aliphatic rings. The van der Waals surface area contributed by atoms with Crippen molar-refractivity contribution in [3.63, 3.8) is 0 Å². The molecule has 0 bridgehead atoms. The maximum atomic E-state index is 12.3. The van der Waals surface area contributed by atoms with Crippen LogP contribution in [0, 0.1) is 0 Å². The molecule has 0 saturated carbocycles. The molecule has 3 rings (SSSR count). The van der Waals surface area contributed by atoms with Crippen LogP contribution in [0.4, 0.5) is 5.95 Å². The van der Waals surface area contributed by atoms with Crippen molar-refractivity contribution < 1.29 is 14.3 Å². The number of piperidine rings is 1. The van der Waals surface area contributed by atoms with Crippen LogP contribution in [0.2, 0.25) is 0 Å². The molecule has 0 spiro atoms. The number of amides is 1. The third-order valence-corrected chi connectivity index (χ3v) is 3.92. The molecular formula is C16H20N6O3. The molecule has 0 aliphatic carbocycles. The highest BCUT2D eigenvalue weighted by molar-refractivity contribution is 5.92. The lowest BCUT2D eigenvalue weighted by atomic mass is 10.1. The van der Waals surface area contributed by atoms with Gasteiger partial charge in [-0.2, -0.15) is 9.97 Å². The number of ether oxygens (including phenoxy) is 2. The first-order valence-corrected chi connectivity index (χ1v) is 7.98. The summed E-state index contributed by atoms with van der Waals surface area (Å²) in [7, 11) is 3.09. The molecule has 1 saturated heterocycles. The number of aromatic nitrogens is 4. The average molecular weight is 344 g/mol. The molecule has 1 fully saturated rings. The van der Waals surface area contributed by atoms with E-state index < -0.39 is 0 Å². The van der Waals surface area contributed by atoms with Gasteiger partial charge in [0.15, 0.2) is 0 Å². The van der Waals surface area contributed by atoms with E-state index in [1.54, 1.807) is 20.3 Å². The monoisotopic (exact) mass is 344 g/mol. The molecule has 0 aromatic carbocycles. The summed E-state index contributed by atoms with van der Waals surface area (Å²) in [6.07, 6.45) is 6.27. The van der Waals surface area contributed by atoms with Crippen molar-refractivity contribution in [2.75, 3.05) is 32.2 Å². The van der Waals surface area contributed by atoms with Crippen molar-refractivity contribution >= 4 is 11.9 Å². The highest BCUT2D eigenvalue weighted by atomic mass is 16.5. The molecule has 1 unspecified atom stereocenters. The Hall–Kier alpha value is -2.97. The van der Waals surface area contributed by atoms with Gasteiger partial charge < -0.3 is 19.7 Å². The van der Waals surface area contributed by atoms with E-state index >= 15 is 0 Å². The molecule has 1 amide bonds. The largest absolute Gasteiger partial charge is 0.481 e. The smallest absolute Gasteiger partial charge is 0.271 e. The molecule has 9 heteroatoms. The van der Waals surface area contributed by atoms with Gasteiger partial charge in [0.05, 0.1) is 26.5 Å². The molecule has 132 valence electrons. The summed E-state index contributed by atoms with van der Waals surface area (Å²) < 4.78 is 10.4. The lowest BCUT2D eigenvalue weighted by Crippen LogP contribution is -2.48.